The molecular weight excluding hydrogens is 288 g/mol. The van der Waals surface area contributed by atoms with Gasteiger partial charge in [0.05, 0.1) is 5.69 Å². The highest BCUT2D eigenvalue weighted by Crippen LogP contribution is 2.30. The van der Waals surface area contributed by atoms with Gasteiger partial charge in [0.25, 0.3) is 0 Å². The van der Waals surface area contributed by atoms with E-state index in [9.17, 15) is 0 Å². The van der Waals surface area contributed by atoms with Crippen LogP contribution in [-0.2, 0) is 6.42 Å². The Morgan fingerprint density at radius 1 is 1.09 bits per heavy atom. The Bertz CT molecular complexity index is 790. The van der Waals surface area contributed by atoms with Crippen molar-refractivity contribution in [3.63, 3.8) is 0 Å². The van der Waals surface area contributed by atoms with Crippen molar-refractivity contribution in [2.75, 3.05) is 0 Å². The van der Waals surface area contributed by atoms with E-state index < -0.39 is 0 Å². The molecule has 112 valence electrons. The minimum atomic E-state index is 1.02. The summed E-state index contributed by atoms with van der Waals surface area (Å²) in [6.07, 6.45) is 4.02. The van der Waals surface area contributed by atoms with Gasteiger partial charge >= 0.3 is 0 Å². The van der Waals surface area contributed by atoms with Gasteiger partial charge in [0.2, 0.25) is 0 Å². The Morgan fingerprint density at radius 3 is 2.73 bits per heavy atom. The largest absolute Gasteiger partial charge is 0.261 e. The molecule has 0 amide bonds. The van der Waals surface area contributed by atoms with Gasteiger partial charge in [-0.3, -0.25) is 4.98 Å². The fourth-order valence-corrected chi connectivity index (χ4v) is 3.45. The Hall–Kier alpha value is -2.00. The molecule has 22 heavy (non-hydrogen) atoms. The van der Waals surface area contributed by atoms with E-state index in [2.05, 4.69) is 55.4 Å². The second kappa shape index (κ2) is 6.41. The average Bonchev–Trinajstić information content (AvgIpc) is 2.97. The lowest BCUT2D eigenvalue weighted by Crippen LogP contribution is -1.89. The first-order valence-corrected chi connectivity index (χ1v) is 8.54. The zero-order valence-electron chi connectivity index (χ0n) is 13.3. The highest BCUT2D eigenvalue weighted by Gasteiger charge is 2.09. The van der Waals surface area contributed by atoms with Crippen LogP contribution in [0, 0.1) is 13.8 Å². The van der Waals surface area contributed by atoms with Gasteiger partial charge in [-0.2, -0.15) is 0 Å². The van der Waals surface area contributed by atoms with Gasteiger partial charge in [-0.05, 0) is 38.0 Å². The van der Waals surface area contributed by atoms with Crippen molar-refractivity contribution >= 4 is 11.3 Å². The van der Waals surface area contributed by atoms with E-state index in [0.717, 1.165) is 29.2 Å². The second-order valence-electron chi connectivity index (χ2n) is 5.64. The van der Waals surface area contributed by atoms with Crippen LogP contribution >= 0.6 is 11.3 Å². The maximum Gasteiger partial charge on any atom is 0.124 e. The average molecular weight is 308 g/mol. The molecule has 0 fully saturated rings. The number of rotatable bonds is 4. The molecule has 2 heterocycles. The van der Waals surface area contributed by atoms with Crippen molar-refractivity contribution in [3.8, 4) is 21.8 Å². The molecule has 0 N–H and O–H groups in total. The van der Waals surface area contributed by atoms with Gasteiger partial charge in [0, 0.05) is 28.4 Å². The van der Waals surface area contributed by atoms with Crippen molar-refractivity contribution in [1.82, 2.24) is 9.97 Å². The van der Waals surface area contributed by atoms with Crippen LogP contribution in [0.1, 0.15) is 30.2 Å². The minimum absolute atomic E-state index is 1.02. The molecule has 0 spiro atoms. The Labute approximate surface area is 135 Å². The third kappa shape index (κ3) is 3.09. The van der Waals surface area contributed by atoms with E-state index in [1.807, 2.05) is 12.3 Å². The van der Waals surface area contributed by atoms with Gasteiger partial charge in [0.15, 0.2) is 0 Å². The highest BCUT2D eigenvalue weighted by atomic mass is 32.1. The van der Waals surface area contributed by atoms with Crippen LogP contribution in [0.3, 0.4) is 0 Å². The summed E-state index contributed by atoms with van der Waals surface area (Å²) in [4.78, 5) is 9.25. The van der Waals surface area contributed by atoms with Crippen molar-refractivity contribution in [1.29, 1.82) is 0 Å². The molecule has 2 nitrogen and oxygen atoms in total. The lowest BCUT2D eigenvalue weighted by Gasteiger charge is -2.04. The summed E-state index contributed by atoms with van der Waals surface area (Å²) in [6.45, 7) is 6.44. The third-order valence-electron chi connectivity index (χ3n) is 3.73. The molecule has 0 atom stereocenters. The lowest BCUT2D eigenvalue weighted by molar-refractivity contribution is 0.883. The number of benzene rings is 1. The molecule has 0 saturated heterocycles. The monoisotopic (exact) mass is 308 g/mol. The quantitative estimate of drug-likeness (QED) is 0.641. The summed E-state index contributed by atoms with van der Waals surface area (Å²) in [5, 5.41) is 3.21. The van der Waals surface area contributed by atoms with Crippen molar-refractivity contribution in [2.24, 2.45) is 0 Å². The molecular formula is C19H20N2S. The predicted molar refractivity (Wildman–Crippen MR) is 94.3 cm³/mol. The lowest BCUT2D eigenvalue weighted by atomic mass is 10.0. The topological polar surface area (TPSA) is 25.8 Å². The molecule has 3 heteroatoms. The number of aryl methyl sites for hydroxylation is 3. The minimum Gasteiger partial charge on any atom is -0.261 e. The van der Waals surface area contributed by atoms with Gasteiger partial charge in [-0.1, -0.05) is 37.1 Å². The maximum absolute atomic E-state index is 4.83. The fraction of sp³-hybridized carbons (Fsp3) is 0.263. The Balaban J connectivity index is 1.95. The Kier molecular flexibility index (Phi) is 4.34. The summed E-state index contributed by atoms with van der Waals surface area (Å²) in [5.74, 6) is 0. The molecule has 0 aliphatic rings. The number of pyridine rings is 1. The summed E-state index contributed by atoms with van der Waals surface area (Å²) in [6, 6.07) is 10.7. The number of hydrogen-bond acceptors (Lipinski definition) is 3. The first kappa shape index (κ1) is 14.9. The summed E-state index contributed by atoms with van der Waals surface area (Å²) < 4.78 is 0. The number of aromatic nitrogens is 2. The number of nitrogens with zero attached hydrogens (tertiary/aromatic N) is 2. The van der Waals surface area contributed by atoms with Crippen LogP contribution in [0.15, 0.2) is 41.9 Å². The van der Waals surface area contributed by atoms with Gasteiger partial charge < -0.3 is 0 Å². The molecule has 0 bridgehead atoms. The first-order chi connectivity index (χ1) is 10.7. The van der Waals surface area contributed by atoms with Crippen LogP contribution in [0.5, 0.6) is 0 Å². The van der Waals surface area contributed by atoms with Crippen molar-refractivity contribution < 1.29 is 0 Å². The molecule has 0 aliphatic heterocycles. The number of hydrogen-bond donors (Lipinski definition) is 0. The molecule has 3 rings (SSSR count). The van der Waals surface area contributed by atoms with Crippen molar-refractivity contribution in [2.45, 2.75) is 33.6 Å². The Morgan fingerprint density at radius 2 is 1.95 bits per heavy atom. The van der Waals surface area contributed by atoms with Crippen LogP contribution in [0.4, 0.5) is 0 Å². The molecule has 1 aromatic carbocycles. The van der Waals surface area contributed by atoms with E-state index in [-0.39, 0.29) is 0 Å². The zero-order chi connectivity index (χ0) is 15.5. The molecule has 0 unspecified atom stereocenters. The standard InChI is InChI=1S/C19H20N2S/c1-4-5-16-11-15(8-9-20-16)19-21-18(12-22-19)17-7-6-13(2)10-14(17)3/h6-12H,4-5H2,1-3H3. The van der Waals surface area contributed by atoms with Crippen LogP contribution in [0.25, 0.3) is 21.8 Å². The normalized spacial score (nSPS) is 10.9. The molecule has 0 aliphatic carbocycles. The van der Waals surface area contributed by atoms with E-state index >= 15 is 0 Å². The van der Waals surface area contributed by atoms with Crippen LogP contribution < -0.4 is 0 Å². The van der Waals surface area contributed by atoms with E-state index in [0.29, 0.717) is 0 Å². The SMILES string of the molecule is CCCc1cc(-c2nc(-c3ccc(C)cc3C)cs2)ccn1. The van der Waals surface area contributed by atoms with Gasteiger partial charge in [0.1, 0.15) is 5.01 Å². The number of thiazole rings is 1. The summed E-state index contributed by atoms with van der Waals surface area (Å²) in [7, 11) is 0. The summed E-state index contributed by atoms with van der Waals surface area (Å²) >= 11 is 1.70. The first-order valence-electron chi connectivity index (χ1n) is 7.66. The molecule has 2 aromatic heterocycles. The molecule has 0 saturated carbocycles. The van der Waals surface area contributed by atoms with E-state index in [4.69, 9.17) is 4.98 Å². The van der Waals surface area contributed by atoms with Gasteiger partial charge in [-0.25, -0.2) is 4.98 Å². The molecule has 3 aromatic rings. The maximum atomic E-state index is 4.83. The fourth-order valence-electron chi connectivity index (χ4n) is 2.64. The third-order valence-corrected chi connectivity index (χ3v) is 4.62. The van der Waals surface area contributed by atoms with Crippen molar-refractivity contribution in [3.05, 3.63) is 58.7 Å². The second-order valence-corrected chi connectivity index (χ2v) is 6.50. The van der Waals surface area contributed by atoms with Crippen LogP contribution in [0.2, 0.25) is 0 Å². The van der Waals surface area contributed by atoms with E-state index in [1.54, 1.807) is 11.3 Å². The van der Waals surface area contributed by atoms with Gasteiger partial charge in [-0.15, -0.1) is 11.3 Å². The highest BCUT2D eigenvalue weighted by molar-refractivity contribution is 7.13. The predicted octanol–water partition coefficient (Wildman–Crippen LogP) is 5.44. The summed E-state index contributed by atoms with van der Waals surface area (Å²) in [5.41, 5.74) is 7.15. The molecule has 0 radical (unpaired) electrons. The smallest absolute Gasteiger partial charge is 0.124 e. The van der Waals surface area contributed by atoms with Crippen LogP contribution in [-0.4, -0.2) is 9.97 Å². The van der Waals surface area contributed by atoms with E-state index in [1.165, 1.54) is 22.3 Å². The zero-order valence-corrected chi connectivity index (χ0v) is 14.1.